The van der Waals surface area contributed by atoms with E-state index in [0.717, 1.165) is 0 Å². The van der Waals surface area contributed by atoms with Crippen LogP contribution in [0.5, 0.6) is 0 Å². The van der Waals surface area contributed by atoms with Crippen molar-refractivity contribution in [3.8, 4) is 0 Å². The SMILES string of the molecule is CCc1nc2c(NC=C3C(=O)OC(C)(C)OC3=O)cccc2o1. The number of hydrogen-bond acceptors (Lipinski definition) is 7. The Labute approximate surface area is 132 Å². The van der Waals surface area contributed by atoms with Gasteiger partial charge in [-0.2, -0.15) is 0 Å². The van der Waals surface area contributed by atoms with Gasteiger partial charge in [-0.25, -0.2) is 14.6 Å². The lowest BCUT2D eigenvalue weighted by atomic mass is 10.2. The van der Waals surface area contributed by atoms with Gasteiger partial charge in [-0.3, -0.25) is 0 Å². The number of aryl methyl sites for hydroxylation is 1. The van der Waals surface area contributed by atoms with E-state index in [9.17, 15) is 9.59 Å². The number of nitrogens with one attached hydrogen (secondary N) is 1. The number of carbonyl (C=O) groups excluding carboxylic acids is 2. The summed E-state index contributed by atoms with van der Waals surface area (Å²) in [5.74, 6) is -2.12. The molecule has 0 spiro atoms. The maximum atomic E-state index is 11.9. The van der Waals surface area contributed by atoms with E-state index < -0.39 is 17.7 Å². The molecule has 3 rings (SSSR count). The molecule has 1 N–H and O–H groups in total. The van der Waals surface area contributed by atoms with Gasteiger partial charge in [0.25, 0.3) is 5.79 Å². The van der Waals surface area contributed by atoms with Gasteiger partial charge in [-0.1, -0.05) is 13.0 Å². The van der Waals surface area contributed by atoms with Gasteiger partial charge in [-0.05, 0) is 12.1 Å². The van der Waals surface area contributed by atoms with Crippen LogP contribution in [0.2, 0.25) is 0 Å². The van der Waals surface area contributed by atoms with Crippen LogP contribution in [0.15, 0.2) is 34.4 Å². The Morgan fingerprint density at radius 2 is 1.91 bits per heavy atom. The molecule has 1 aliphatic rings. The molecule has 120 valence electrons. The van der Waals surface area contributed by atoms with Crippen molar-refractivity contribution in [2.75, 3.05) is 5.32 Å². The van der Waals surface area contributed by atoms with Crippen molar-refractivity contribution in [3.05, 3.63) is 35.9 Å². The van der Waals surface area contributed by atoms with Crippen LogP contribution in [0.3, 0.4) is 0 Å². The minimum atomic E-state index is -1.26. The van der Waals surface area contributed by atoms with Crippen LogP contribution in [-0.2, 0) is 25.5 Å². The third-order valence-electron chi connectivity index (χ3n) is 3.25. The molecule has 0 unspecified atom stereocenters. The van der Waals surface area contributed by atoms with E-state index in [1.165, 1.54) is 20.0 Å². The number of cyclic esters (lactones) is 2. The predicted molar refractivity (Wildman–Crippen MR) is 81.4 cm³/mol. The van der Waals surface area contributed by atoms with E-state index in [1.54, 1.807) is 18.2 Å². The largest absolute Gasteiger partial charge is 0.441 e. The fourth-order valence-electron chi connectivity index (χ4n) is 2.19. The van der Waals surface area contributed by atoms with Gasteiger partial charge in [0.05, 0.1) is 5.69 Å². The number of fused-ring (bicyclic) bond motifs is 1. The molecule has 1 aliphatic heterocycles. The van der Waals surface area contributed by atoms with Gasteiger partial charge in [-0.15, -0.1) is 0 Å². The van der Waals surface area contributed by atoms with E-state index in [1.807, 2.05) is 6.92 Å². The number of ether oxygens (including phenoxy) is 2. The number of carbonyl (C=O) groups is 2. The predicted octanol–water partition coefficient (Wildman–Crippen LogP) is 2.52. The van der Waals surface area contributed by atoms with Gasteiger partial charge in [0.15, 0.2) is 17.0 Å². The molecule has 23 heavy (non-hydrogen) atoms. The first-order valence-electron chi connectivity index (χ1n) is 7.21. The Morgan fingerprint density at radius 3 is 2.57 bits per heavy atom. The van der Waals surface area contributed by atoms with Crippen LogP contribution in [0, 0.1) is 0 Å². The van der Waals surface area contributed by atoms with Gasteiger partial charge >= 0.3 is 11.9 Å². The first kappa shape index (κ1) is 15.1. The molecule has 0 saturated carbocycles. The number of oxazole rings is 1. The number of aromatic nitrogens is 1. The van der Waals surface area contributed by atoms with E-state index in [2.05, 4.69) is 10.3 Å². The first-order chi connectivity index (χ1) is 10.9. The second-order valence-electron chi connectivity index (χ2n) is 5.49. The third-order valence-corrected chi connectivity index (χ3v) is 3.25. The lowest BCUT2D eigenvalue weighted by Gasteiger charge is -2.29. The highest BCUT2D eigenvalue weighted by Crippen LogP contribution is 2.26. The van der Waals surface area contributed by atoms with Crippen LogP contribution in [0.25, 0.3) is 11.1 Å². The van der Waals surface area contributed by atoms with Crippen molar-refractivity contribution in [2.45, 2.75) is 33.0 Å². The van der Waals surface area contributed by atoms with Crippen molar-refractivity contribution in [1.29, 1.82) is 0 Å². The minimum absolute atomic E-state index is 0.208. The highest BCUT2D eigenvalue weighted by Gasteiger charge is 2.38. The molecule has 0 amide bonds. The van der Waals surface area contributed by atoms with Crippen LogP contribution < -0.4 is 5.32 Å². The summed E-state index contributed by atoms with van der Waals surface area (Å²) in [6, 6.07) is 5.35. The average molecular weight is 316 g/mol. The van der Waals surface area contributed by atoms with E-state index in [0.29, 0.717) is 29.1 Å². The molecule has 1 saturated heterocycles. The number of nitrogens with zero attached hydrogens (tertiary/aromatic N) is 1. The Bertz CT molecular complexity index is 797. The summed E-state index contributed by atoms with van der Waals surface area (Å²) in [5.41, 5.74) is 1.66. The highest BCUT2D eigenvalue weighted by molar-refractivity contribution is 6.15. The van der Waals surface area contributed by atoms with Gasteiger partial charge in [0.2, 0.25) is 0 Å². The number of benzene rings is 1. The first-order valence-corrected chi connectivity index (χ1v) is 7.21. The topological polar surface area (TPSA) is 90.7 Å². The molecule has 1 aromatic heterocycles. The molecular formula is C16H16N2O5. The third kappa shape index (κ3) is 2.90. The zero-order chi connectivity index (χ0) is 16.6. The molecule has 0 atom stereocenters. The molecule has 0 bridgehead atoms. The van der Waals surface area contributed by atoms with Crippen LogP contribution in [-0.4, -0.2) is 22.7 Å². The average Bonchev–Trinajstić information content (AvgIpc) is 2.89. The lowest BCUT2D eigenvalue weighted by molar-refractivity contribution is -0.222. The molecule has 2 heterocycles. The van der Waals surface area contributed by atoms with Crippen LogP contribution in [0.4, 0.5) is 5.69 Å². The molecule has 0 aliphatic carbocycles. The van der Waals surface area contributed by atoms with Crippen molar-refractivity contribution >= 4 is 28.7 Å². The van der Waals surface area contributed by atoms with Crippen molar-refractivity contribution in [3.63, 3.8) is 0 Å². The summed E-state index contributed by atoms with van der Waals surface area (Å²) in [6.45, 7) is 4.93. The van der Waals surface area contributed by atoms with E-state index in [4.69, 9.17) is 13.9 Å². The van der Waals surface area contributed by atoms with E-state index in [-0.39, 0.29) is 5.57 Å². The Balaban J connectivity index is 1.89. The molecular weight excluding hydrogens is 300 g/mol. The Hall–Kier alpha value is -2.83. The van der Waals surface area contributed by atoms with Crippen molar-refractivity contribution < 1.29 is 23.5 Å². The highest BCUT2D eigenvalue weighted by atomic mass is 16.7. The number of esters is 2. The number of anilines is 1. The fourth-order valence-corrected chi connectivity index (χ4v) is 2.19. The maximum Gasteiger partial charge on any atom is 0.350 e. The molecule has 1 aromatic carbocycles. The number of hydrogen-bond donors (Lipinski definition) is 1. The monoisotopic (exact) mass is 316 g/mol. The zero-order valence-corrected chi connectivity index (χ0v) is 13.0. The van der Waals surface area contributed by atoms with Crippen LogP contribution in [0.1, 0.15) is 26.7 Å². The summed E-state index contributed by atoms with van der Waals surface area (Å²) >= 11 is 0. The van der Waals surface area contributed by atoms with Crippen molar-refractivity contribution in [1.82, 2.24) is 4.98 Å². The summed E-state index contributed by atoms with van der Waals surface area (Å²) in [7, 11) is 0. The second kappa shape index (κ2) is 5.42. The normalized spacial score (nSPS) is 16.9. The maximum absolute atomic E-state index is 11.9. The molecule has 2 aromatic rings. The number of rotatable bonds is 3. The van der Waals surface area contributed by atoms with Gasteiger partial charge in [0, 0.05) is 26.5 Å². The van der Waals surface area contributed by atoms with Gasteiger partial charge < -0.3 is 19.2 Å². The standard InChI is InChI=1S/C16H16N2O5/c1-4-12-18-13-10(6-5-7-11(13)21-12)17-8-9-14(19)22-16(2,3)23-15(9)20/h5-8,17H,4H2,1-3H3. The Kier molecular flexibility index (Phi) is 3.55. The summed E-state index contributed by atoms with van der Waals surface area (Å²) < 4.78 is 15.6. The zero-order valence-electron chi connectivity index (χ0n) is 13.0. The minimum Gasteiger partial charge on any atom is -0.441 e. The number of para-hydroxylation sites is 1. The molecule has 1 fully saturated rings. The smallest absolute Gasteiger partial charge is 0.350 e. The van der Waals surface area contributed by atoms with Crippen LogP contribution >= 0.6 is 0 Å². The van der Waals surface area contributed by atoms with E-state index >= 15 is 0 Å². The molecule has 7 heteroatoms. The lowest BCUT2D eigenvalue weighted by Crippen LogP contribution is -2.42. The summed E-state index contributed by atoms with van der Waals surface area (Å²) in [5, 5.41) is 2.90. The Morgan fingerprint density at radius 1 is 1.22 bits per heavy atom. The summed E-state index contributed by atoms with van der Waals surface area (Å²) in [4.78, 5) is 28.1. The molecule has 7 nitrogen and oxygen atoms in total. The quantitative estimate of drug-likeness (QED) is 0.528. The fraction of sp³-hybridized carbons (Fsp3) is 0.312. The molecule has 0 radical (unpaired) electrons. The summed E-state index contributed by atoms with van der Waals surface area (Å²) in [6.07, 6.45) is 1.93. The van der Waals surface area contributed by atoms with Crippen molar-refractivity contribution in [2.24, 2.45) is 0 Å². The van der Waals surface area contributed by atoms with Gasteiger partial charge in [0.1, 0.15) is 5.52 Å². The second-order valence-corrected chi connectivity index (χ2v) is 5.49.